The number of piperidine rings is 1. The second kappa shape index (κ2) is 4.88. The van der Waals surface area contributed by atoms with Crippen LogP contribution in [0.2, 0.25) is 5.15 Å². The molecule has 15 heavy (non-hydrogen) atoms. The number of likely N-dealkylation sites (tertiary alicyclic amines) is 1. The molecule has 1 aromatic rings. The monoisotopic (exact) mass is 227 g/mol. The Balaban J connectivity index is 1.93. The van der Waals surface area contributed by atoms with Gasteiger partial charge in [0.15, 0.2) is 5.15 Å². The van der Waals surface area contributed by atoms with Crippen molar-refractivity contribution in [2.45, 2.75) is 25.5 Å². The molecule has 1 aliphatic rings. The van der Waals surface area contributed by atoms with E-state index in [1.165, 1.54) is 0 Å². The molecule has 1 N–H and O–H groups in total. The molecule has 0 spiro atoms. The van der Waals surface area contributed by atoms with Gasteiger partial charge in [-0.2, -0.15) is 5.10 Å². The zero-order valence-corrected chi connectivity index (χ0v) is 9.19. The molecular formula is C10H14ClN3O. The minimum absolute atomic E-state index is 0.195. The van der Waals surface area contributed by atoms with Crippen LogP contribution in [0.5, 0.6) is 0 Å². The van der Waals surface area contributed by atoms with Crippen LogP contribution in [0.15, 0.2) is 12.1 Å². The summed E-state index contributed by atoms with van der Waals surface area (Å²) < 4.78 is 0. The molecule has 1 saturated heterocycles. The van der Waals surface area contributed by atoms with Crippen LogP contribution in [-0.4, -0.2) is 39.4 Å². The largest absolute Gasteiger partial charge is 0.392 e. The molecule has 4 nitrogen and oxygen atoms in total. The average Bonchev–Trinajstić information content (AvgIpc) is 2.22. The fourth-order valence-electron chi connectivity index (χ4n) is 1.83. The second-order valence-electron chi connectivity index (χ2n) is 3.88. The Kier molecular flexibility index (Phi) is 3.51. The standard InChI is InChI=1S/C10H14ClN3O/c11-10-4-3-8(12-13-10)6-14-5-1-2-9(15)7-14/h3-4,9,15H,1-2,5-7H2/t9-/m0/s1. The van der Waals surface area contributed by atoms with Crippen LogP contribution in [0, 0.1) is 0 Å². The van der Waals surface area contributed by atoms with Crippen LogP contribution >= 0.6 is 11.6 Å². The van der Waals surface area contributed by atoms with Gasteiger partial charge >= 0.3 is 0 Å². The van der Waals surface area contributed by atoms with E-state index in [9.17, 15) is 5.11 Å². The molecule has 2 heterocycles. The van der Waals surface area contributed by atoms with Crippen molar-refractivity contribution in [3.8, 4) is 0 Å². The van der Waals surface area contributed by atoms with Gasteiger partial charge in [-0.1, -0.05) is 11.6 Å². The third-order valence-electron chi connectivity index (χ3n) is 2.55. The molecule has 0 bridgehead atoms. The van der Waals surface area contributed by atoms with Gasteiger partial charge in [-0.15, -0.1) is 5.10 Å². The number of hydrogen-bond acceptors (Lipinski definition) is 4. The number of nitrogens with zero attached hydrogens (tertiary/aromatic N) is 3. The summed E-state index contributed by atoms with van der Waals surface area (Å²) in [6, 6.07) is 3.61. The summed E-state index contributed by atoms with van der Waals surface area (Å²) in [6.07, 6.45) is 1.75. The van der Waals surface area contributed by atoms with E-state index in [1.807, 2.05) is 6.07 Å². The third-order valence-corrected chi connectivity index (χ3v) is 2.76. The Morgan fingerprint density at radius 2 is 2.33 bits per heavy atom. The lowest BCUT2D eigenvalue weighted by molar-refractivity contribution is 0.0661. The molecule has 0 aromatic carbocycles. The van der Waals surface area contributed by atoms with Crippen LogP contribution in [0.1, 0.15) is 18.5 Å². The van der Waals surface area contributed by atoms with Crippen molar-refractivity contribution in [2.75, 3.05) is 13.1 Å². The summed E-state index contributed by atoms with van der Waals surface area (Å²) in [5.74, 6) is 0. The number of aliphatic hydroxyl groups excluding tert-OH is 1. The zero-order valence-electron chi connectivity index (χ0n) is 8.43. The summed E-state index contributed by atoms with van der Waals surface area (Å²) in [7, 11) is 0. The first-order valence-corrected chi connectivity index (χ1v) is 5.50. The zero-order chi connectivity index (χ0) is 10.7. The van der Waals surface area contributed by atoms with Crippen LogP contribution in [0.4, 0.5) is 0 Å². The van der Waals surface area contributed by atoms with E-state index in [1.54, 1.807) is 6.07 Å². The molecule has 5 heteroatoms. The molecule has 0 unspecified atom stereocenters. The average molecular weight is 228 g/mol. The van der Waals surface area contributed by atoms with Crippen LogP contribution < -0.4 is 0 Å². The van der Waals surface area contributed by atoms with Crippen molar-refractivity contribution in [3.05, 3.63) is 23.0 Å². The normalized spacial score (nSPS) is 22.9. The number of hydrogen-bond donors (Lipinski definition) is 1. The molecule has 0 aliphatic carbocycles. The Morgan fingerprint density at radius 3 is 3.00 bits per heavy atom. The molecule has 2 rings (SSSR count). The highest BCUT2D eigenvalue weighted by Gasteiger charge is 2.17. The fraction of sp³-hybridized carbons (Fsp3) is 0.600. The van der Waals surface area contributed by atoms with Crippen molar-refractivity contribution >= 4 is 11.6 Å². The van der Waals surface area contributed by atoms with Gasteiger partial charge in [0.05, 0.1) is 11.8 Å². The van der Waals surface area contributed by atoms with E-state index in [2.05, 4.69) is 15.1 Å². The van der Waals surface area contributed by atoms with Gasteiger partial charge < -0.3 is 5.11 Å². The lowest BCUT2D eigenvalue weighted by Gasteiger charge is -2.29. The number of aliphatic hydroxyl groups is 1. The minimum atomic E-state index is -0.195. The lowest BCUT2D eigenvalue weighted by Crippen LogP contribution is -2.37. The Labute approximate surface area is 93.9 Å². The van der Waals surface area contributed by atoms with Gasteiger partial charge in [-0.05, 0) is 31.5 Å². The highest BCUT2D eigenvalue weighted by Crippen LogP contribution is 2.12. The van der Waals surface area contributed by atoms with Gasteiger partial charge in [-0.25, -0.2) is 0 Å². The smallest absolute Gasteiger partial charge is 0.151 e. The maximum absolute atomic E-state index is 9.50. The van der Waals surface area contributed by atoms with Crippen molar-refractivity contribution in [1.82, 2.24) is 15.1 Å². The second-order valence-corrected chi connectivity index (χ2v) is 4.27. The summed E-state index contributed by atoms with van der Waals surface area (Å²) in [5, 5.41) is 17.7. The van der Waals surface area contributed by atoms with Crippen molar-refractivity contribution in [2.24, 2.45) is 0 Å². The molecule has 1 aliphatic heterocycles. The van der Waals surface area contributed by atoms with E-state index >= 15 is 0 Å². The number of aromatic nitrogens is 2. The highest BCUT2D eigenvalue weighted by molar-refractivity contribution is 6.29. The van der Waals surface area contributed by atoms with Crippen molar-refractivity contribution < 1.29 is 5.11 Å². The first-order valence-electron chi connectivity index (χ1n) is 5.12. The molecule has 0 radical (unpaired) electrons. The van der Waals surface area contributed by atoms with Crippen molar-refractivity contribution in [1.29, 1.82) is 0 Å². The number of β-amino-alcohol motifs (C(OH)–C–C–N with tert-alkyl or cyclic N) is 1. The van der Waals surface area contributed by atoms with Gasteiger partial charge in [0.25, 0.3) is 0 Å². The molecular weight excluding hydrogens is 214 g/mol. The first kappa shape index (κ1) is 10.8. The summed E-state index contributed by atoms with van der Waals surface area (Å²) >= 11 is 5.65. The predicted molar refractivity (Wildman–Crippen MR) is 57.6 cm³/mol. The van der Waals surface area contributed by atoms with E-state index in [-0.39, 0.29) is 6.10 Å². The summed E-state index contributed by atoms with van der Waals surface area (Å²) in [5.41, 5.74) is 0.897. The first-order chi connectivity index (χ1) is 7.24. The van der Waals surface area contributed by atoms with Crippen LogP contribution in [0.25, 0.3) is 0 Å². The van der Waals surface area contributed by atoms with E-state index in [0.29, 0.717) is 5.15 Å². The van der Waals surface area contributed by atoms with E-state index < -0.39 is 0 Å². The number of halogens is 1. The predicted octanol–water partition coefficient (Wildman–Crippen LogP) is 1.09. The summed E-state index contributed by atoms with van der Waals surface area (Å²) in [4.78, 5) is 2.19. The van der Waals surface area contributed by atoms with Gasteiger partial charge in [0, 0.05) is 13.1 Å². The highest BCUT2D eigenvalue weighted by atomic mass is 35.5. The quantitative estimate of drug-likeness (QED) is 0.822. The van der Waals surface area contributed by atoms with Gasteiger partial charge in [0.1, 0.15) is 0 Å². The van der Waals surface area contributed by atoms with E-state index in [0.717, 1.165) is 38.2 Å². The van der Waals surface area contributed by atoms with E-state index in [4.69, 9.17) is 11.6 Å². The minimum Gasteiger partial charge on any atom is -0.392 e. The third kappa shape index (κ3) is 3.12. The lowest BCUT2D eigenvalue weighted by atomic mass is 10.1. The Morgan fingerprint density at radius 1 is 1.47 bits per heavy atom. The van der Waals surface area contributed by atoms with Crippen LogP contribution in [0.3, 0.4) is 0 Å². The SMILES string of the molecule is O[C@H]1CCCN(Cc2ccc(Cl)nn2)C1. The molecule has 1 aromatic heterocycles. The molecule has 0 saturated carbocycles. The maximum atomic E-state index is 9.50. The molecule has 0 amide bonds. The van der Waals surface area contributed by atoms with Gasteiger partial charge in [-0.3, -0.25) is 4.90 Å². The number of rotatable bonds is 2. The topological polar surface area (TPSA) is 49.2 Å². The molecule has 1 atom stereocenters. The van der Waals surface area contributed by atoms with Crippen molar-refractivity contribution in [3.63, 3.8) is 0 Å². The fourth-order valence-corrected chi connectivity index (χ4v) is 1.93. The Hall–Kier alpha value is -0.710. The molecule has 82 valence electrons. The maximum Gasteiger partial charge on any atom is 0.151 e. The molecule has 1 fully saturated rings. The van der Waals surface area contributed by atoms with Crippen LogP contribution in [-0.2, 0) is 6.54 Å². The van der Waals surface area contributed by atoms with Gasteiger partial charge in [0.2, 0.25) is 0 Å². The summed E-state index contributed by atoms with van der Waals surface area (Å²) in [6.45, 7) is 2.48. The Bertz CT molecular complexity index is 317.